The van der Waals surface area contributed by atoms with Crippen molar-refractivity contribution < 1.29 is 19.1 Å². The van der Waals surface area contributed by atoms with Crippen molar-refractivity contribution >= 4 is 12.0 Å². The molecule has 4 rings (SSSR count). The number of nitrogens with zero attached hydrogens (tertiary/aromatic N) is 3. The van der Waals surface area contributed by atoms with Crippen LogP contribution >= 0.6 is 0 Å². The van der Waals surface area contributed by atoms with Gasteiger partial charge in [-0.2, -0.15) is 0 Å². The molecule has 2 aliphatic carbocycles. The van der Waals surface area contributed by atoms with E-state index in [-0.39, 0.29) is 23.1 Å². The Morgan fingerprint density at radius 2 is 1.59 bits per heavy atom. The third-order valence-electron chi connectivity index (χ3n) is 9.59. The van der Waals surface area contributed by atoms with Gasteiger partial charge in [0.15, 0.2) is 0 Å². The Morgan fingerprint density at radius 3 is 2.30 bits per heavy atom. The summed E-state index contributed by atoms with van der Waals surface area (Å²) in [5.74, 6) is 1.49. The summed E-state index contributed by atoms with van der Waals surface area (Å²) in [5.41, 5.74) is 4.04. The van der Waals surface area contributed by atoms with Crippen LogP contribution in [0, 0.1) is 17.8 Å². The van der Waals surface area contributed by atoms with Gasteiger partial charge < -0.3 is 30.7 Å². The zero-order chi connectivity index (χ0) is 31.7. The molecule has 0 aliphatic heterocycles. The lowest BCUT2D eigenvalue weighted by Gasteiger charge is -2.23. The Bertz CT molecular complexity index is 1230. The van der Waals surface area contributed by atoms with E-state index in [0.29, 0.717) is 62.8 Å². The highest BCUT2D eigenvalue weighted by atomic mass is 16.5. The van der Waals surface area contributed by atoms with Crippen LogP contribution in [-0.2, 0) is 28.9 Å². The maximum absolute atomic E-state index is 12.6. The van der Waals surface area contributed by atoms with Crippen LogP contribution in [0.2, 0.25) is 0 Å². The average Bonchev–Trinajstić information content (AvgIpc) is 3.52. The van der Waals surface area contributed by atoms with E-state index in [2.05, 4.69) is 59.3 Å². The van der Waals surface area contributed by atoms with Gasteiger partial charge in [-0.05, 0) is 116 Å². The monoisotopic (exact) mass is 611 g/mol. The minimum Gasteiger partial charge on any atom is -0.449 e. The summed E-state index contributed by atoms with van der Waals surface area (Å²) in [5, 5.41) is 21.3. The molecule has 44 heavy (non-hydrogen) atoms. The Hall–Kier alpha value is -3.02. The molecule has 0 radical (unpaired) electrons. The van der Waals surface area contributed by atoms with E-state index in [0.717, 1.165) is 49.8 Å². The molecule has 2 aliphatic rings. The molecule has 1 aromatic heterocycles. The zero-order valence-electron chi connectivity index (χ0n) is 27.5. The van der Waals surface area contributed by atoms with E-state index in [1.54, 1.807) is 0 Å². The molecule has 244 valence electrons. The van der Waals surface area contributed by atoms with E-state index >= 15 is 0 Å². The highest BCUT2D eigenvalue weighted by Crippen LogP contribution is 2.52. The van der Waals surface area contributed by atoms with Gasteiger partial charge in [0.25, 0.3) is 5.91 Å². The van der Waals surface area contributed by atoms with Crippen molar-refractivity contribution in [3.8, 4) is 0 Å². The van der Waals surface area contributed by atoms with E-state index in [9.17, 15) is 9.59 Å². The van der Waals surface area contributed by atoms with Crippen LogP contribution in [0.1, 0.15) is 80.7 Å². The quantitative estimate of drug-likeness (QED) is 0.213. The number of nitrogens with one attached hydrogen (secondary N) is 4. The number of benzene rings is 1. The first kappa shape index (κ1) is 33.9. The van der Waals surface area contributed by atoms with Crippen molar-refractivity contribution in [1.29, 1.82) is 0 Å². The SMILES string of the molecule is CNC(C)(C)CCNC(=O)c1ccc(Cn2nnc3c2CC[C@H]2[C@@H](CC3)[C@H]2COC(=O)NCCOCCC(C)(C)NC)cc1. The van der Waals surface area contributed by atoms with Crippen LogP contribution in [0.25, 0.3) is 0 Å². The van der Waals surface area contributed by atoms with Crippen LogP contribution in [0.5, 0.6) is 0 Å². The first-order chi connectivity index (χ1) is 21.0. The van der Waals surface area contributed by atoms with Gasteiger partial charge in [-0.25, -0.2) is 9.48 Å². The van der Waals surface area contributed by atoms with Crippen molar-refractivity contribution in [1.82, 2.24) is 36.3 Å². The predicted molar refractivity (Wildman–Crippen MR) is 171 cm³/mol. The van der Waals surface area contributed by atoms with Crippen molar-refractivity contribution in [3.05, 3.63) is 46.8 Å². The molecule has 11 heteroatoms. The van der Waals surface area contributed by atoms with Gasteiger partial charge in [0.1, 0.15) is 0 Å². The molecule has 2 aromatic rings. The van der Waals surface area contributed by atoms with Crippen LogP contribution in [0.4, 0.5) is 4.79 Å². The molecule has 1 fully saturated rings. The lowest BCUT2D eigenvalue weighted by molar-refractivity contribution is 0.0950. The molecular formula is C33H53N7O4. The predicted octanol–water partition coefficient (Wildman–Crippen LogP) is 3.32. The summed E-state index contributed by atoms with van der Waals surface area (Å²) < 4.78 is 13.2. The molecule has 1 saturated carbocycles. The Labute approximate surface area is 262 Å². The summed E-state index contributed by atoms with van der Waals surface area (Å²) in [7, 11) is 3.88. The summed E-state index contributed by atoms with van der Waals surface area (Å²) in [6.07, 6.45) is 5.27. The number of fused-ring (bicyclic) bond motifs is 2. The maximum Gasteiger partial charge on any atom is 0.407 e. The number of hydrogen-bond donors (Lipinski definition) is 4. The smallest absolute Gasteiger partial charge is 0.407 e. The number of ether oxygens (including phenoxy) is 2. The summed E-state index contributed by atoms with van der Waals surface area (Å²) in [6, 6.07) is 7.75. The molecule has 0 bridgehead atoms. The van der Waals surface area contributed by atoms with Gasteiger partial charge in [0, 0.05) is 36.3 Å². The minimum absolute atomic E-state index is 0.0165. The third kappa shape index (κ3) is 9.74. The van der Waals surface area contributed by atoms with Gasteiger partial charge >= 0.3 is 6.09 Å². The number of carbonyl (C=O) groups excluding carboxylic acids is 2. The van der Waals surface area contributed by atoms with Crippen LogP contribution in [0.15, 0.2) is 24.3 Å². The topological polar surface area (TPSA) is 131 Å². The highest BCUT2D eigenvalue weighted by molar-refractivity contribution is 5.94. The fourth-order valence-electron chi connectivity index (χ4n) is 5.85. The summed E-state index contributed by atoms with van der Waals surface area (Å²) >= 11 is 0. The number of aryl methyl sites for hydroxylation is 1. The second-order valence-electron chi connectivity index (χ2n) is 13.6. The van der Waals surface area contributed by atoms with E-state index in [1.807, 2.05) is 43.0 Å². The molecule has 3 atom stereocenters. The first-order valence-electron chi connectivity index (χ1n) is 16.2. The molecule has 1 heterocycles. The lowest BCUT2D eigenvalue weighted by atomic mass is 10.0. The van der Waals surface area contributed by atoms with Crippen molar-refractivity contribution in [2.75, 3.05) is 47.0 Å². The summed E-state index contributed by atoms with van der Waals surface area (Å²) in [4.78, 5) is 24.8. The van der Waals surface area contributed by atoms with Crippen molar-refractivity contribution in [2.45, 2.75) is 83.8 Å². The Kier molecular flexibility index (Phi) is 11.8. The molecular weight excluding hydrogens is 558 g/mol. The van der Waals surface area contributed by atoms with Crippen molar-refractivity contribution in [2.24, 2.45) is 17.8 Å². The normalized spacial score (nSPS) is 19.7. The lowest BCUT2D eigenvalue weighted by Crippen LogP contribution is -2.40. The molecule has 4 N–H and O–H groups in total. The largest absolute Gasteiger partial charge is 0.449 e. The first-order valence-corrected chi connectivity index (χ1v) is 16.2. The van der Waals surface area contributed by atoms with Gasteiger partial charge in [0.2, 0.25) is 0 Å². The maximum atomic E-state index is 12.6. The van der Waals surface area contributed by atoms with Crippen LogP contribution in [-0.4, -0.2) is 85.1 Å². The standard InChI is InChI=1S/C33H53N7O4/c1-32(2,34-5)15-17-36-30(41)24-9-7-23(8-10-24)21-40-29-14-12-26-25(11-13-28(29)38-39-40)27(26)22-44-31(42)37-18-20-43-19-16-33(3,4)35-6/h7-10,25-27,34-35H,11-22H2,1-6H3,(H,36,41)(H,37,42)/t25-,26+,27-/m1/s1. The summed E-state index contributed by atoms with van der Waals surface area (Å²) in [6.45, 7) is 11.8. The molecule has 0 spiro atoms. The Balaban J connectivity index is 1.17. The second-order valence-corrected chi connectivity index (χ2v) is 13.6. The van der Waals surface area contributed by atoms with Crippen LogP contribution < -0.4 is 21.3 Å². The van der Waals surface area contributed by atoms with Gasteiger partial charge in [-0.1, -0.05) is 17.3 Å². The molecule has 11 nitrogen and oxygen atoms in total. The fourth-order valence-corrected chi connectivity index (χ4v) is 5.85. The number of carbonyl (C=O) groups is 2. The van der Waals surface area contributed by atoms with E-state index < -0.39 is 0 Å². The zero-order valence-corrected chi connectivity index (χ0v) is 27.5. The average molecular weight is 612 g/mol. The van der Waals surface area contributed by atoms with Crippen LogP contribution in [0.3, 0.4) is 0 Å². The van der Waals surface area contributed by atoms with Gasteiger partial charge in [-0.15, -0.1) is 5.10 Å². The number of rotatable bonds is 16. The number of amides is 2. The highest BCUT2D eigenvalue weighted by Gasteiger charge is 2.50. The molecule has 2 amide bonds. The third-order valence-corrected chi connectivity index (χ3v) is 9.59. The minimum atomic E-state index is -0.370. The van der Waals surface area contributed by atoms with Gasteiger partial charge in [-0.3, -0.25) is 4.79 Å². The van der Waals surface area contributed by atoms with Crippen molar-refractivity contribution in [3.63, 3.8) is 0 Å². The molecule has 0 unspecified atom stereocenters. The molecule has 1 aromatic carbocycles. The Morgan fingerprint density at radius 1 is 0.909 bits per heavy atom. The fraction of sp³-hybridized carbons (Fsp3) is 0.697. The number of alkyl carbamates (subject to hydrolysis) is 1. The van der Waals surface area contributed by atoms with Gasteiger partial charge in [0.05, 0.1) is 31.1 Å². The molecule has 0 saturated heterocycles. The number of aromatic nitrogens is 3. The second kappa shape index (κ2) is 15.3. The number of hydrogen-bond acceptors (Lipinski definition) is 8. The van der Waals surface area contributed by atoms with E-state index in [4.69, 9.17) is 9.47 Å². The van der Waals surface area contributed by atoms with E-state index in [1.165, 1.54) is 5.69 Å².